The number of amides is 2. The Bertz CT molecular complexity index is 1150. The first kappa shape index (κ1) is 22.3. The molecule has 0 unspecified atom stereocenters. The second kappa shape index (κ2) is 9.20. The van der Waals surface area contributed by atoms with Gasteiger partial charge in [0.1, 0.15) is 6.26 Å². The van der Waals surface area contributed by atoms with Crippen molar-refractivity contribution in [3.63, 3.8) is 0 Å². The Morgan fingerprint density at radius 1 is 1.09 bits per heavy atom. The van der Waals surface area contributed by atoms with E-state index in [1.165, 1.54) is 36.6 Å². The Morgan fingerprint density at radius 2 is 1.84 bits per heavy atom. The van der Waals surface area contributed by atoms with Gasteiger partial charge in [-0.15, -0.1) is 0 Å². The maximum atomic E-state index is 13.5. The number of carbonyl (C=O) groups excluding carboxylic acids is 2. The summed E-state index contributed by atoms with van der Waals surface area (Å²) in [5, 5.41) is 15.3. The number of nitrogens with zero attached hydrogens (tertiary/aromatic N) is 1. The molecule has 0 aliphatic heterocycles. The molecule has 166 valence electrons. The Morgan fingerprint density at radius 3 is 2.50 bits per heavy atom. The summed E-state index contributed by atoms with van der Waals surface area (Å²) in [4.78, 5) is 34.4. The number of carbonyl (C=O) groups is 2. The summed E-state index contributed by atoms with van der Waals surface area (Å²) in [7, 11) is 0. The van der Waals surface area contributed by atoms with Crippen LogP contribution in [0.2, 0.25) is 0 Å². The quantitative estimate of drug-likeness (QED) is 0.405. The van der Waals surface area contributed by atoms with E-state index in [0.717, 1.165) is 18.4 Å². The van der Waals surface area contributed by atoms with Crippen LogP contribution in [0, 0.1) is 10.1 Å². The minimum atomic E-state index is -4.85. The summed E-state index contributed by atoms with van der Waals surface area (Å²) in [6.07, 6.45) is -2.48. The van der Waals surface area contributed by atoms with Crippen LogP contribution < -0.4 is 15.4 Å². The van der Waals surface area contributed by atoms with Crippen LogP contribution in [0.15, 0.2) is 65.5 Å². The zero-order valence-electron chi connectivity index (χ0n) is 16.0. The number of alkyl halides is 3. The molecule has 3 rings (SSSR count). The molecule has 0 radical (unpaired) electrons. The number of ether oxygens (including phenoxy) is 1. The molecule has 0 saturated heterocycles. The molecule has 0 fully saturated rings. The van der Waals surface area contributed by atoms with Crippen LogP contribution in [0.25, 0.3) is 0 Å². The van der Waals surface area contributed by atoms with E-state index in [0.29, 0.717) is 6.07 Å². The van der Waals surface area contributed by atoms with E-state index in [1.54, 1.807) is 0 Å². The van der Waals surface area contributed by atoms with Crippen molar-refractivity contribution in [2.75, 3.05) is 17.2 Å². The van der Waals surface area contributed by atoms with Crippen LogP contribution in [0.1, 0.15) is 15.9 Å². The topological polar surface area (TPSA) is 124 Å². The zero-order chi connectivity index (χ0) is 23.3. The fourth-order valence-electron chi connectivity index (χ4n) is 2.62. The molecule has 0 atom stereocenters. The van der Waals surface area contributed by atoms with E-state index in [-0.39, 0.29) is 17.0 Å². The highest BCUT2D eigenvalue weighted by molar-refractivity contribution is 6.04. The van der Waals surface area contributed by atoms with Crippen molar-refractivity contribution in [3.05, 3.63) is 82.3 Å². The minimum Gasteiger partial charge on any atom is -0.477 e. The first-order chi connectivity index (χ1) is 15.1. The third-order valence-electron chi connectivity index (χ3n) is 4.06. The van der Waals surface area contributed by atoms with E-state index in [4.69, 9.17) is 9.15 Å². The molecule has 0 saturated carbocycles. The van der Waals surface area contributed by atoms with Crippen molar-refractivity contribution in [3.8, 4) is 5.75 Å². The third kappa shape index (κ3) is 5.41. The summed E-state index contributed by atoms with van der Waals surface area (Å²) in [6.45, 7) is -0.763. The van der Waals surface area contributed by atoms with Gasteiger partial charge in [-0.3, -0.25) is 19.7 Å². The summed E-state index contributed by atoms with van der Waals surface area (Å²) < 4.78 is 50.3. The molecule has 9 nitrogen and oxygen atoms in total. The lowest BCUT2D eigenvalue weighted by Gasteiger charge is -2.16. The maximum Gasteiger partial charge on any atom is 0.418 e. The van der Waals surface area contributed by atoms with Crippen molar-refractivity contribution >= 4 is 28.9 Å². The van der Waals surface area contributed by atoms with Crippen LogP contribution in [0.3, 0.4) is 0 Å². The largest absolute Gasteiger partial charge is 0.477 e. The highest BCUT2D eigenvalue weighted by Gasteiger charge is 2.34. The minimum absolute atomic E-state index is 0.114. The van der Waals surface area contributed by atoms with Gasteiger partial charge in [-0.2, -0.15) is 13.2 Å². The number of hydrogen-bond acceptors (Lipinski definition) is 6. The van der Waals surface area contributed by atoms with Gasteiger partial charge >= 0.3 is 11.9 Å². The van der Waals surface area contributed by atoms with Crippen molar-refractivity contribution in [2.24, 2.45) is 0 Å². The van der Waals surface area contributed by atoms with Gasteiger partial charge in [0.05, 0.1) is 28.0 Å². The van der Waals surface area contributed by atoms with E-state index in [2.05, 4.69) is 10.6 Å². The van der Waals surface area contributed by atoms with Gasteiger partial charge in [0.2, 0.25) is 0 Å². The average molecular weight is 449 g/mol. The Hall–Kier alpha value is -4.35. The van der Waals surface area contributed by atoms with Crippen molar-refractivity contribution in [1.82, 2.24) is 0 Å². The molecule has 2 N–H and O–H groups in total. The SMILES string of the molecule is O=C(COc1ccccc1[N+](=O)[O-])Nc1ccc(NC(=O)c2ccoc2)cc1C(F)(F)F. The number of furan rings is 1. The van der Waals surface area contributed by atoms with Crippen LogP contribution in [-0.4, -0.2) is 23.3 Å². The fraction of sp³-hybridized carbons (Fsp3) is 0.100. The maximum absolute atomic E-state index is 13.5. The fourth-order valence-corrected chi connectivity index (χ4v) is 2.62. The van der Waals surface area contributed by atoms with E-state index >= 15 is 0 Å². The number of rotatable bonds is 7. The zero-order valence-corrected chi connectivity index (χ0v) is 16.0. The van der Waals surface area contributed by atoms with Crippen LogP contribution >= 0.6 is 0 Å². The summed E-state index contributed by atoms with van der Waals surface area (Å²) in [5.41, 5.74) is -2.22. The van der Waals surface area contributed by atoms with Crippen LogP contribution in [-0.2, 0) is 11.0 Å². The predicted octanol–water partition coefficient (Wildman–Crippen LogP) is 4.48. The first-order valence-corrected chi connectivity index (χ1v) is 8.86. The third-order valence-corrected chi connectivity index (χ3v) is 4.06. The second-order valence-electron chi connectivity index (χ2n) is 6.29. The van der Waals surface area contributed by atoms with Gasteiger partial charge in [0.15, 0.2) is 12.4 Å². The monoisotopic (exact) mass is 449 g/mol. The molecule has 1 aromatic heterocycles. The van der Waals surface area contributed by atoms with Crippen LogP contribution in [0.4, 0.5) is 30.2 Å². The number of nitro groups is 1. The lowest BCUT2D eigenvalue weighted by molar-refractivity contribution is -0.385. The highest BCUT2D eigenvalue weighted by atomic mass is 19.4. The predicted molar refractivity (Wildman–Crippen MR) is 105 cm³/mol. The Balaban J connectivity index is 1.73. The lowest BCUT2D eigenvalue weighted by atomic mass is 10.1. The normalized spacial score (nSPS) is 11.0. The van der Waals surface area contributed by atoms with Gasteiger partial charge in [0.25, 0.3) is 11.8 Å². The molecule has 3 aromatic rings. The number of nitro benzene ring substituents is 1. The van der Waals surface area contributed by atoms with Gasteiger partial charge in [-0.05, 0) is 30.3 Å². The molecule has 2 amide bonds. The molecular formula is C20H14F3N3O6. The van der Waals surface area contributed by atoms with Crippen molar-refractivity contribution in [2.45, 2.75) is 6.18 Å². The van der Waals surface area contributed by atoms with Gasteiger partial charge < -0.3 is 19.8 Å². The Labute approximate surface area is 177 Å². The smallest absolute Gasteiger partial charge is 0.418 e. The lowest BCUT2D eigenvalue weighted by Crippen LogP contribution is -2.23. The van der Waals surface area contributed by atoms with E-state index in [1.807, 2.05) is 0 Å². The standard InChI is InChI=1S/C20H14F3N3O6/c21-20(22,23)14-9-13(24-19(28)12-7-8-31-10-12)5-6-15(14)25-18(27)11-32-17-4-2-1-3-16(17)26(29)30/h1-10H,11H2,(H,24,28)(H,25,27). The second-order valence-corrected chi connectivity index (χ2v) is 6.29. The van der Waals surface area contributed by atoms with Gasteiger partial charge in [-0.1, -0.05) is 12.1 Å². The summed E-state index contributed by atoms with van der Waals surface area (Å²) >= 11 is 0. The molecule has 2 aromatic carbocycles. The Kier molecular flexibility index (Phi) is 6.42. The summed E-state index contributed by atoms with van der Waals surface area (Å²) in [5.74, 6) is -1.86. The number of halogens is 3. The first-order valence-electron chi connectivity index (χ1n) is 8.86. The highest BCUT2D eigenvalue weighted by Crippen LogP contribution is 2.37. The number of nitrogens with one attached hydrogen (secondary N) is 2. The van der Waals surface area contributed by atoms with E-state index < -0.39 is 46.5 Å². The van der Waals surface area contributed by atoms with Crippen LogP contribution in [0.5, 0.6) is 5.75 Å². The molecule has 32 heavy (non-hydrogen) atoms. The van der Waals surface area contributed by atoms with Crippen molar-refractivity contribution in [1.29, 1.82) is 0 Å². The molecule has 0 bridgehead atoms. The number of benzene rings is 2. The summed E-state index contributed by atoms with van der Waals surface area (Å²) in [6, 6.07) is 9.40. The number of para-hydroxylation sites is 2. The van der Waals surface area contributed by atoms with Crippen molar-refractivity contribution < 1.29 is 36.8 Å². The number of anilines is 2. The van der Waals surface area contributed by atoms with Gasteiger partial charge in [0, 0.05) is 11.8 Å². The molecule has 1 heterocycles. The van der Waals surface area contributed by atoms with Gasteiger partial charge in [-0.25, -0.2) is 0 Å². The molecular weight excluding hydrogens is 435 g/mol. The molecule has 0 aliphatic rings. The number of hydrogen-bond donors (Lipinski definition) is 2. The molecule has 0 spiro atoms. The van der Waals surface area contributed by atoms with E-state index in [9.17, 15) is 32.9 Å². The molecule has 12 heteroatoms. The average Bonchev–Trinajstić information content (AvgIpc) is 3.28. The molecule has 0 aliphatic carbocycles.